The maximum absolute atomic E-state index is 12.6. The summed E-state index contributed by atoms with van der Waals surface area (Å²) in [4.78, 5) is 19.0. The van der Waals surface area contributed by atoms with Crippen molar-refractivity contribution in [3.8, 4) is 0 Å². The highest BCUT2D eigenvalue weighted by Crippen LogP contribution is 2.47. The first-order chi connectivity index (χ1) is 12.6. The third kappa shape index (κ3) is 3.12. The number of amides is 2. The lowest BCUT2D eigenvalue weighted by molar-refractivity contribution is 0.0915. The first-order valence-corrected chi connectivity index (χ1v) is 10.1. The fraction of sp³-hybridized carbons (Fsp3) is 0.667. The van der Waals surface area contributed by atoms with Crippen molar-refractivity contribution in [1.82, 2.24) is 15.1 Å². The quantitative estimate of drug-likeness (QED) is 0.841. The summed E-state index contributed by atoms with van der Waals surface area (Å²) in [6.07, 6.45) is 6.10. The molecule has 0 unspecified atom stereocenters. The van der Waals surface area contributed by atoms with Crippen LogP contribution in [0.3, 0.4) is 0 Å². The van der Waals surface area contributed by atoms with Crippen LogP contribution in [0.5, 0.6) is 0 Å². The number of carbonyl (C=O) groups is 1. The van der Waals surface area contributed by atoms with Crippen LogP contribution in [0, 0.1) is 0 Å². The van der Waals surface area contributed by atoms with Gasteiger partial charge in [0.2, 0.25) is 0 Å². The van der Waals surface area contributed by atoms with Crippen LogP contribution in [0.25, 0.3) is 0 Å². The van der Waals surface area contributed by atoms with Gasteiger partial charge in [-0.1, -0.05) is 18.2 Å². The van der Waals surface area contributed by atoms with Crippen LogP contribution >= 0.6 is 0 Å². The van der Waals surface area contributed by atoms with Crippen LogP contribution in [0.2, 0.25) is 0 Å². The number of anilines is 1. The summed E-state index contributed by atoms with van der Waals surface area (Å²) < 4.78 is 0. The number of hydrogen-bond acceptors (Lipinski definition) is 3. The van der Waals surface area contributed by atoms with Crippen LogP contribution < -0.4 is 10.2 Å². The number of fused-ring (bicyclic) bond motifs is 2. The van der Waals surface area contributed by atoms with Crippen molar-refractivity contribution in [1.29, 1.82) is 0 Å². The largest absolute Gasteiger partial charge is 0.330 e. The van der Waals surface area contributed by atoms with Gasteiger partial charge in [-0.2, -0.15) is 0 Å². The van der Waals surface area contributed by atoms with E-state index < -0.39 is 0 Å². The van der Waals surface area contributed by atoms with E-state index in [4.69, 9.17) is 0 Å². The van der Waals surface area contributed by atoms with Gasteiger partial charge in [-0.25, -0.2) is 4.79 Å². The molecular weight excluding hydrogens is 324 g/mol. The summed E-state index contributed by atoms with van der Waals surface area (Å²) >= 11 is 0. The van der Waals surface area contributed by atoms with Gasteiger partial charge in [-0.05, 0) is 69.9 Å². The number of piperidine rings is 2. The third-order valence-electron chi connectivity index (χ3n) is 6.77. The predicted octanol–water partition coefficient (Wildman–Crippen LogP) is 2.66. The van der Waals surface area contributed by atoms with Crippen LogP contribution in [-0.2, 0) is 5.41 Å². The van der Waals surface area contributed by atoms with E-state index in [0.29, 0.717) is 0 Å². The zero-order chi connectivity index (χ0) is 18.1. The van der Waals surface area contributed by atoms with Gasteiger partial charge in [0.05, 0.1) is 0 Å². The van der Waals surface area contributed by atoms with E-state index in [1.807, 2.05) is 19.0 Å². The molecule has 26 heavy (non-hydrogen) atoms. The number of urea groups is 1. The molecule has 1 aromatic rings. The Kier molecular flexibility index (Phi) is 4.93. The van der Waals surface area contributed by atoms with Gasteiger partial charge < -0.3 is 15.1 Å². The van der Waals surface area contributed by atoms with E-state index in [9.17, 15) is 4.79 Å². The second kappa shape index (κ2) is 7.20. The molecular formula is C21H32N4O. The second-order valence-electron chi connectivity index (χ2n) is 8.39. The van der Waals surface area contributed by atoms with E-state index in [2.05, 4.69) is 34.5 Å². The van der Waals surface area contributed by atoms with Crippen molar-refractivity contribution in [3.63, 3.8) is 0 Å². The first kappa shape index (κ1) is 17.8. The smallest absolute Gasteiger partial charge is 0.323 e. The number of nitrogens with zero attached hydrogens (tertiary/aromatic N) is 3. The molecule has 1 aromatic carbocycles. The first-order valence-electron chi connectivity index (χ1n) is 10.1. The van der Waals surface area contributed by atoms with E-state index in [1.165, 1.54) is 44.3 Å². The van der Waals surface area contributed by atoms with Gasteiger partial charge in [0.15, 0.2) is 0 Å². The number of rotatable bonds is 1. The minimum atomic E-state index is 0.0967. The predicted molar refractivity (Wildman–Crippen MR) is 106 cm³/mol. The summed E-state index contributed by atoms with van der Waals surface area (Å²) in [6.45, 7) is 5.55. The zero-order valence-corrected chi connectivity index (χ0v) is 16.2. The van der Waals surface area contributed by atoms with Crippen LogP contribution in [-0.4, -0.2) is 68.7 Å². The van der Waals surface area contributed by atoms with Gasteiger partial charge in [-0.3, -0.25) is 4.90 Å². The maximum Gasteiger partial charge on any atom is 0.323 e. The maximum atomic E-state index is 12.6. The normalized spacial score (nSPS) is 23.7. The van der Waals surface area contributed by atoms with Crippen LogP contribution in [0.15, 0.2) is 24.3 Å². The summed E-state index contributed by atoms with van der Waals surface area (Å²) in [7, 11) is 3.68. The summed E-state index contributed by atoms with van der Waals surface area (Å²) in [5.41, 5.74) is 2.78. The monoisotopic (exact) mass is 356 g/mol. The molecule has 2 saturated heterocycles. The average molecular weight is 357 g/mol. The molecule has 0 saturated carbocycles. The van der Waals surface area contributed by atoms with Crippen molar-refractivity contribution >= 4 is 11.7 Å². The molecule has 142 valence electrons. The molecule has 5 heteroatoms. The topological polar surface area (TPSA) is 38.8 Å². The summed E-state index contributed by atoms with van der Waals surface area (Å²) in [6, 6.07) is 9.47. The minimum Gasteiger partial charge on any atom is -0.330 e. The molecule has 4 rings (SSSR count). The van der Waals surface area contributed by atoms with Gasteiger partial charge >= 0.3 is 6.03 Å². The van der Waals surface area contributed by atoms with Crippen LogP contribution in [0.4, 0.5) is 10.5 Å². The number of benzene rings is 1. The fourth-order valence-corrected chi connectivity index (χ4v) is 5.19. The number of hydrogen-bond donors (Lipinski definition) is 1. The third-order valence-corrected chi connectivity index (χ3v) is 6.77. The van der Waals surface area contributed by atoms with Crippen molar-refractivity contribution in [2.24, 2.45) is 0 Å². The van der Waals surface area contributed by atoms with Crippen molar-refractivity contribution in [3.05, 3.63) is 29.8 Å². The van der Waals surface area contributed by atoms with Crippen molar-refractivity contribution in [2.45, 2.75) is 43.6 Å². The minimum absolute atomic E-state index is 0.0967. The molecule has 3 aliphatic rings. The van der Waals surface area contributed by atoms with Crippen molar-refractivity contribution < 1.29 is 4.79 Å². The lowest BCUT2D eigenvalue weighted by Crippen LogP contribution is -2.53. The van der Waals surface area contributed by atoms with Gasteiger partial charge in [0.1, 0.15) is 0 Å². The number of nitrogens with one attached hydrogen (secondary N) is 1. The molecule has 2 fully saturated rings. The van der Waals surface area contributed by atoms with E-state index in [0.717, 1.165) is 37.8 Å². The van der Waals surface area contributed by atoms with E-state index in [-0.39, 0.29) is 11.4 Å². The Morgan fingerprint density at radius 3 is 2.42 bits per heavy atom. The highest BCUT2D eigenvalue weighted by atomic mass is 16.2. The molecule has 2 amide bonds. The molecule has 1 N–H and O–H groups in total. The second-order valence-corrected chi connectivity index (χ2v) is 8.39. The Morgan fingerprint density at radius 2 is 1.73 bits per heavy atom. The average Bonchev–Trinajstić information content (AvgIpc) is 2.69. The lowest BCUT2D eigenvalue weighted by Gasteiger charge is -2.49. The van der Waals surface area contributed by atoms with Crippen LogP contribution in [0.1, 0.15) is 37.7 Å². The number of carbonyl (C=O) groups excluding carboxylic acids is 1. The Hall–Kier alpha value is -1.59. The molecule has 0 atom stereocenters. The molecule has 0 bridgehead atoms. The zero-order valence-electron chi connectivity index (χ0n) is 16.2. The van der Waals surface area contributed by atoms with Gasteiger partial charge in [0.25, 0.3) is 0 Å². The Morgan fingerprint density at radius 1 is 1.08 bits per heavy atom. The summed E-state index contributed by atoms with van der Waals surface area (Å²) in [5, 5.41) is 3.48. The van der Waals surface area contributed by atoms with Gasteiger partial charge in [0, 0.05) is 37.8 Å². The molecule has 0 aliphatic carbocycles. The Bertz CT molecular complexity index is 645. The Balaban J connectivity index is 1.54. The molecule has 0 radical (unpaired) electrons. The highest BCUT2D eigenvalue weighted by Gasteiger charge is 2.43. The number of likely N-dealkylation sites (tertiary alicyclic amines) is 1. The van der Waals surface area contributed by atoms with E-state index in [1.54, 1.807) is 4.90 Å². The molecule has 3 heterocycles. The van der Waals surface area contributed by atoms with Gasteiger partial charge in [-0.15, -0.1) is 0 Å². The van der Waals surface area contributed by atoms with E-state index >= 15 is 0 Å². The standard InChI is InChI=1S/C21H32N4O/c1-23(2)20(26)25-16-11-21(18-5-3-4-6-19(18)25)9-14-24(15-10-21)17-7-12-22-13-8-17/h3-6,17,22H,7-16H2,1-2H3. The van der Waals surface area contributed by atoms with Crippen molar-refractivity contribution in [2.75, 3.05) is 51.7 Å². The summed E-state index contributed by atoms with van der Waals surface area (Å²) in [5.74, 6) is 0. The number of para-hydroxylation sites is 1. The molecule has 3 aliphatic heterocycles. The SMILES string of the molecule is CN(C)C(=O)N1CCC2(CCN(C3CCNCC3)CC2)c2ccccc21. The fourth-order valence-electron chi connectivity index (χ4n) is 5.19. The molecule has 5 nitrogen and oxygen atoms in total. The lowest BCUT2D eigenvalue weighted by atomic mass is 9.67. The molecule has 0 aromatic heterocycles. The Labute approximate surface area is 157 Å². The highest BCUT2D eigenvalue weighted by molar-refractivity contribution is 5.93. The molecule has 1 spiro atoms.